The molecule has 5 nitrogen and oxygen atoms in total. The Bertz CT molecular complexity index is 1140. The predicted octanol–water partition coefficient (Wildman–Crippen LogP) is 5.30. The van der Waals surface area contributed by atoms with Crippen molar-refractivity contribution in [3.8, 4) is 11.3 Å². The second-order valence-electron chi connectivity index (χ2n) is 7.03. The van der Waals surface area contributed by atoms with E-state index in [1.165, 1.54) is 9.87 Å². The van der Waals surface area contributed by atoms with Gasteiger partial charge in [-0.3, -0.25) is 0 Å². The lowest BCUT2D eigenvalue weighted by atomic mass is 10.1. The minimum atomic E-state index is -3.62. The van der Waals surface area contributed by atoms with E-state index >= 15 is 0 Å². The van der Waals surface area contributed by atoms with Crippen molar-refractivity contribution < 1.29 is 8.42 Å². The van der Waals surface area contributed by atoms with Crippen LogP contribution in [0.15, 0.2) is 57.2 Å². The van der Waals surface area contributed by atoms with Gasteiger partial charge in [-0.2, -0.15) is 4.31 Å². The van der Waals surface area contributed by atoms with Crippen LogP contribution in [0.2, 0.25) is 5.02 Å². The van der Waals surface area contributed by atoms with Gasteiger partial charge >= 0.3 is 0 Å². The molecule has 1 fully saturated rings. The first-order valence-corrected chi connectivity index (χ1v) is 13.1. The summed E-state index contributed by atoms with van der Waals surface area (Å²) in [4.78, 5) is 7.07. The number of nitrogens with zero attached hydrogens (tertiary/aromatic N) is 3. The SMILES string of the molecule is CCc1ccc(-c2csc(N3CCN(S(=O)(=O)c4ccc(Br)cc4Cl)CC3)n2)cc1. The van der Waals surface area contributed by atoms with Gasteiger partial charge in [0, 0.05) is 41.6 Å². The highest BCUT2D eigenvalue weighted by atomic mass is 79.9. The molecule has 2 aromatic carbocycles. The van der Waals surface area contributed by atoms with Gasteiger partial charge in [-0.25, -0.2) is 13.4 Å². The van der Waals surface area contributed by atoms with Gasteiger partial charge in [-0.1, -0.05) is 58.7 Å². The fourth-order valence-corrected chi connectivity index (χ4v) is 6.72. The zero-order valence-electron chi connectivity index (χ0n) is 16.4. The first-order valence-electron chi connectivity index (χ1n) is 9.63. The number of benzene rings is 2. The Labute approximate surface area is 194 Å². The molecule has 4 rings (SSSR count). The van der Waals surface area contributed by atoms with Crippen LogP contribution in [-0.4, -0.2) is 43.9 Å². The van der Waals surface area contributed by atoms with Gasteiger partial charge in [0.1, 0.15) is 4.90 Å². The normalized spacial score (nSPS) is 15.5. The average molecular weight is 527 g/mol. The Morgan fingerprint density at radius 1 is 1.10 bits per heavy atom. The number of sulfonamides is 1. The highest BCUT2D eigenvalue weighted by Crippen LogP contribution is 2.31. The van der Waals surface area contributed by atoms with Gasteiger partial charge < -0.3 is 4.90 Å². The molecule has 1 aliphatic rings. The lowest BCUT2D eigenvalue weighted by molar-refractivity contribution is 0.385. The molecule has 0 unspecified atom stereocenters. The van der Waals surface area contributed by atoms with Crippen molar-refractivity contribution in [3.05, 3.63) is 62.9 Å². The maximum absolute atomic E-state index is 13.0. The van der Waals surface area contributed by atoms with Crippen molar-refractivity contribution in [1.82, 2.24) is 9.29 Å². The minimum Gasteiger partial charge on any atom is -0.345 e. The van der Waals surface area contributed by atoms with Crippen molar-refractivity contribution in [3.63, 3.8) is 0 Å². The van der Waals surface area contributed by atoms with E-state index in [4.69, 9.17) is 16.6 Å². The molecule has 9 heteroatoms. The maximum atomic E-state index is 13.0. The van der Waals surface area contributed by atoms with Crippen LogP contribution in [0.5, 0.6) is 0 Å². The van der Waals surface area contributed by atoms with E-state index in [-0.39, 0.29) is 9.92 Å². The second-order valence-corrected chi connectivity index (χ2v) is 11.1. The van der Waals surface area contributed by atoms with Crippen molar-refractivity contribution in [2.24, 2.45) is 0 Å². The molecule has 0 radical (unpaired) electrons. The summed E-state index contributed by atoms with van der Waals surface area (Å²) in [6.07, 6.45) is 1.02. The number of hydrogen-bond donors (Lipinski definition) is 0. The van der Waals surface area contributed by atoms with Crippen LogP contribution in [0.25, 0.3) is 11.3 Å². The predicted molar refractivity (Wildman–Crippen MR) is 127 cm³/mol. The molecule has 0 atom stereocenters. The van der Waals surface area contributed by atoms with Crippen LogP contribution in [0.3, 0.4) is 0 Å². The van der Waals surface area contributed by atoms with Crippen molar-refractivity contribution in [2.45, 2.75) is 18.2 Å². The molecule has 1 aliphatic heterocycles. The number of anilines is 1. The van der Waals surface area contributed by atoms with E-state index in [2.05, 4.69) is 57.4 Å². The molecule has 0 saturated carbocycles. The maximum Gasteiger partial charge on any atom is 0.244 e. The Balaban J connectivity index is 1.45. The summed E-state index contributed by atoms with van der Waals surface area (Å²) in [6, 6.07) is 13.3. The van der Waals surface area contributed by atoms with Gasteiger partial charge in [-0.05, 0) is 30.2 Å². The number of aryl methyl sites for hydroxylation is 1. The van der Waals surface area contributed by atoms with Crippen molar-refractivity contribution >= 4 is 54.0 Å². The number of hydrogen-bond acceptors (Lipinski definition) is 5. The monoisotopic (exact) mass is 525 g/mol. The van der Waals surface area contributed by atoms with Gasteiger partial charge in [0.25, 0.3) is 0 Å². The standard InChI is InChI=1S/C21H21BrClN3O2S2/c1-2-15-3-5-16(6-4-15)19-14-29-21(24-19)25-9-11-26(12-10-25)30(27,28)20-8-7-17(22)13-18(20)23/h3-8,13-14H,2,9-12H2,1H3. The van der Waals surface area contributed by atoms with Crippen LogP contribution >= 0.6 is 38.9 Å². The fraction of sp³-hybridized carbons (Fsp3) is 0.286. The Morgan fingerprint density at radius 2 is 1.80 bits per heavy atom. The number of thiazole rings is 1. The fourth-order valence-electron chi connectivity index (χ4n) is 3.40. The van der Waals surface area contributed by atoms with Gasteiger partial charge in [0.2, 0.25) is 10.0 Å². The van der Waals surface area contributed by atoms with E-state index in [0.717, 1.165) is 27.3 Å². The van der Waals surface area contributed by atoms with E-state index < -0.39 is 10.0 Å². The van der Waals surface area contributed by atoms with E-state index in [0.29, 0.717) is 26.2 Å². The summed E-state index contributed by atoms with van der Waals surface area (Å²) in [5.74, 6) is 0. The summed E-state index contributed by atoms with van der Waals surface area (Å²) in [5.41, 5.74) is 3.35. The Morgan fingerprint density at radius 3 is 2.43 bits per heavy atom. The number of aromatic nitrogens is 1. The lowest BCUT2D eigenvalue weighted by Gasteiger charge is -2.33. The third kappa shape index (κ3) is 4.43. The molecule has 0 bridgehead atoms. The summed E-state index contributed by atoms with van der Waals surface area (Å²) in [6.45, 7) is 4.12. The molecule has 30 heavy (non-hydrogen) atoms. The lowest BCUT2D eigenvalue weighted by Crippen LogP contribution is -2.48. The summed E-state index contributed by atoms with van der Waals surface area (Å²) in [5, 5.41) is 3.20. The number of piperazine rings is 1. The highest BCUT2D eigenvalue weighted by molar-refractivity contribution is 9.10. The van der Waals surface area contributed by atoms with E-state index in [1.54, 1.807) is 29.5 Å². The molecular weight excluding hydrogens is 506 g/mol. The molecule has 0 spiro atoms. The van der Waals surface area contributed by atoms with Crippen LogP contribution in [0, 0.1) is 0 Å². The van der Waals surface area contributed by atoms with Crippen LogP contribution in [0.4, 0.5) is 5.13 Å². The molecule has 0 N–H and O–H groups in total. The van der Waals surface area contributed by atoms with E-state index in [1.807, 2.05) is 0 Å². The highest BCUT2D eigenvalue weighted by Gasteiger charge is 2.31. The number of rotatable bonds is 5. The van der Waals surface area contributed by atoms with Crippen molar-refractivity contribution in [1.29, 1.82) is 0 Å². The summed E-state index contributed by atoms with van der Waals surface area (Å²) < 4.78 is 28.2. The van der Waals surface area contributed by atoms with Crippen LogP contribution < -0.4 is 4.90 Å². The largest absolute Gasteiger partial charge is 0.345 e. The molecular formula is C21H21BrClN3O2S2. The Kier molecular flexibility index (Phi) is 6.50. The Hall–Kier alpha value is -1.45. The summed E-state index contributed by atoms with van der Waals surface area (Å²) in [7, 11) is -3.62. The molecule has 3 aromatic rings. The van der Waals surface area contributed by atoms with Gasteiger partial charge in [-0.15, -0.1) is 11.3 Å². The molecule has 158 valence electrons. The third-order valence-electron chi connectivity index (χ3n) is 5.17. The third-order valence-corrected chi connectivity index (χ3v) is 8.95. The molecule has 1 aromatic heterocycles. The molecule has 0 aliphatic carbocycles. The smallest absolute Gasteiger partial charge is 0.244 e. The average Bonchev–Trinajstić information content (AvgIpc) is 3.24. The second kappa shape index (κ2) is 8.96. The minimum absolute atomic E-state index is 0.146. The van der Waals surface area contributed by atoms with Crippen LogP contribution in [0.1, 0.15) is 12.5 Å². The topological polar surface area (TPSA) is 53.5 Å². The zero-order valence-corrected chi connectivity index (χ0v) is 20.4. The van der Waals surface area contributed by atoms with Gasteiger partial charge in [0.05, 0.1) is 10.7 Å². The zero-order chi connectivity index (χ0) is 21.3. The molecule has 2 heterocycles. The van der Waals surface area contributed by atoms with Crippen LogP contribution in [-0.2, 0) is 16.4 Å². The molecule has 0 amide bonds. The first kappa shape index (κ1) is 21.8. The summed E-state index contributed by atoms with van der Waals surface area (Å²) >= 11 is 11.1. The van der Waals surface area contributed by atoms with Gasteiger partial charge in [0.15, 0.2) is 5.13 Å². The first-order chi connectivity index (χ1) is 14.4. The quantitative estimate of drug-likeness (QED) is 0.453. The molecule has 1 saturated heterocycles. The van der Waals surface area contributed by atoms with Crippen molar-refractivity contribution in [2.75, 3.05) is 31.1 Å². The number of halogens is 2. The van der Waals surface area contributed by atoms with E-state index in [9.17, 15) is 8.42 Å².